The summed E-state index contributed by atoms with van der Waals surface area (Å²) in [5, 5.41) is 21.2. The van der Waals surface area contributed by atoms with Gasteiger partial charge in [0.25, 0.3) is 5.70 Å². The Morgan fingerprint density at radius 1 is 1.83 bits per heavy atom. The van der Waals surface area contributed by atoms with E-state index in [0.717, 1.165) is 6.21 Å². The van der Waals surface area contributed by atoms with Gasteiger partial charge in [0.1, 0.15) is 12.8 Å². The quantitative estimate of drug-likeness (QED) is 0.329. The SMILES string of the molecule is C=C(/C=N\NCC(=O)O)[N+](=O)[O-]. The van der Waals surface area contributed by atoms with Crippen LogP contribution in [0.2, 0.25) is 0 Å². The fourth-order valence-corrected chi connectivity index (χ4v) is 0.281. The first-order valence-electron chi connectivity index (χ1n) is 2.85. The predicted octanol–water partition coefficient (Wildman–Crippen LogP) is -0.563. The van der Waals surface area contributed by atoms with Crippen molar-refractivity contribution in [3.05, 3.63) is 22.4 Å². The van der Waals surface area contributed by atoms with Gasteiger partial charge in [-0.15, -0.1) is 0 Å². The number of nitro groups is 1. The summed E-state index contributed by atoms with van der Waals surface area (Å²) >= 11 is 0. The number of aliphatic carboxylic acids is 1. The Morgan fingerprint density at radius 2 is 2.42 bits per heavy atom. The number of nitrogens with one attached hydrogen (secondary N) is 1. The normalized spacial score (nSPS) is 9.67. The highest BCUT2D eigenvalue weighted by Gasteiger charge is 2.00. The first-order valence-corrected chi connectivity index (χ1v) is 2.85. The highest BCUT2D eigenvalue weighted by Crippen LogP contribution is 1.83. The number of rotatable bonds is 5. The number of carboxylic acid groups (broad SMARTS) is 1. The maximum atomic E-state index is 9.90. The number of carboxylic acids is 1. The molecule has 2 N–H and O–H groups in total. The van der Waals surface area contributed by atoms with Crippen LogP contribution in [0.5, 0.6) is 0 Å². The lowest BCUT2D eigenvalue weighted by atomic mass is 10.6. The largest absolute Gasteiger partial charge is 0.480 e. The molecule has 12 heavy (non-hydrogen) atoms. The third-order valence-electron chi connectivity index (χ3n) is 0.770. The van der Waals surface area contributed by atoms with Crippen LogP contribution in [0.3, 0.4) is 0 Å². The smallest absolute Gasteiger partial charge is 0.324 e. The maximum Gasteiger partial charge on any atom is 0.324 e. The molecule has 0 unspecified atom stereocenters. The number of allylic oxidation sites excluding steroid dienone is 1. The second-order valence-corrected chi connectivity index (χ2v) is 1.74. The van der Waals surface area contributed by atoms with Gasteiger partial charge < -0.3 is 5.11 Å². The van der Waals surface area contributed by atoms with Crippen LogP contribution in [-0.2, 0) is 4.79 Å². The van der Waals surface area contributed by atoms with Gasteiger partial charge in [0.2, 0.25) is 0 Å². The summed E-state index contributed by atoms with van der Waals surface area (Å²) in [7, 11) is 0. The number of nitrogens with zero attached hydrogens (tertiary/aromatic N) is 2. The van der Waals surface area contributed by atoms with Crippen LogP contribution in [-0.4, -0.2) is 28.8 Å². The topological polar surface area (TPSA) is 105 Å². The van der Waals surface area contributed by atoms with Gasteiger partial charge in [0.15, 0.2) is 0 Å². The van der Waals surface area contributed by atoms with Crippen LogP contribution in [0.1, 0.15) is 0 Å². The van der Waals surface area contributed by atoms with Crippen LogP contribution < -0.4 is 5.43 Å². The molecule has 0 fully saturated rings. The summed E-state index contributed by atoms with van der Waals surface area (Å²) in [6, 6.07) is 0. The molecule has 0 bridgehead atoms. The second-order valence-electron chi connectivity index (χ2n) is 1.74. The number of hydrogen-bond acceptors (Lipinski definition) is 5. The third-order valence-corrected chi connectivity index (χ3v) is 0.770. The molecule has 0 aliphatic carbocycles. The highest BCUT2D eigenvalue weighted by atomic mass is 16.6. The van der Waals surface area contributed by atoms with Gasteiger partial charge in [-0.3, -0.25) is 20.3 Å². The lowest BCUT2D eigenvalue weighted by Gasteiger charge is -1.91. The molecule has 0 spiro atoms. The molecular weight excluding hydrogens is 166 g/mol. The fourth-order valence-electron chi connectivity index (χ4n) is 0.281. The molecule has 0 heterocycles. The Hall–Kier alpha value is -1.92. The van der Waals surface area contributed by atoms with Crippen LogP contribution in [0.25, 0.3) is 0 Å². The molecule has 0 aromatic rings. The van der Waals surface area contributed by atoms with E-state index in [1.807, 2.05) is 0 Å². The molecule has 0 atom stereocenters. The lowest BCUT2D eigenvalue weighted by Crippen LogP contribution is -2.17. The third kappa shape index (κ3) is 4.91. The summed E-state index contributed by atoms with van der Waals surface area (Å²) in [5.74, 6) is -1.10. The molecule has 0 aromatic heterocycles. The summed E-state index contributed by atoms with van der Waals surface area (Å²) in [4.78, 5) is 19.1. The van der Waals surface area contributed by atoms with E-state index < -0.39 is 16.6 Å². The van der Waals surface area contributed by atoms with Crippen molar-refractivity contribution in [1.29, 1.82) is 0 Å². The molecule has 7 nitrogen and oxygen atoms in total. The summed E-state index contributed by atoms with van der Waals surface area (Å²) in [6.45, 7) is 2.65. The van der Waals surface area contributed by atoms with Crippen LogP contribution in [0.4, 0.5) is 0 Å². The van der Waals surface area contributed by atoms with E-state index >= 15 is 0 Å². The molecule has 0 saturated carbocycles. The maximum absolute atomic E-state index is 9.90. The van der Waals surface area contributed by atoms with E-state index in [4.69, 9.17) is 5.11 Å². The van der Waals surface area contributed by atoms with Gasteiger partial charge in [-0.25, -0.2) is 0 Å². The minimum Gasteiger partial charge on any atom is -0.480 e. The van der Waals surface area contributed by atoms with E-state index in [1.54, 1.807) is 0 Å². The van der Waals surface area contributed by atoms with Crippen molar-refractivity contribution < 1.29 is 14.8 Å². The van der Waals surface area contributed by atoms with E-state index in [2.05, 4.69) is 17.1 Å². The monoisotopic (exact) mass is 173 g/mol. The Balaban J connectivity index is 3.70. The number of hydrazone groups is 1. The van der Waals surface area contributed by atoms with E-state index in [1.165, 1.54) is 0 Å². The molecular formula is C5H7N3O4. The first-order chi connectivity index (χ1) is 5.54. The molecule has 0 saturated heterocycles. The van der Waals surface area contributed by atoms with Crippen molar-refractivity contribution in [3.8, 4) is 0 Å². The molecule has 7 heteroatoms. The van der Waals surface area contributed by atoms with Crippen LogP contribution in [0.15, 0.2) is 17.4 Å². The molecule has 0 aliphatic heterocycles. The zero-order chi connectivity index (χ0) is 9.56. The summed E-state index contributed by atoms with van der Waals surface area (Å²) < 4.78 is 0. The second kappa shape index (κ2) is 4.83. The van der Waals surface area contributed by atoms with Crippen molar-refractivity contribution in [1.82, 2.24) is 5.43 Å². The predicted molar refractivity (Wildman–Crippen MR) is 40.3 cm³/mol. The molecule has 0 rings (SSSR count). The minimum atomic E-state index is -1.10. The Morgan fingerprint density at radius 3 is 2.83 bits per heavy atom. The van der Waals surface area contributed by atoms with Gasteiger partial charge in [0.05, 0.1) is 4.92 Å². The van der Waals surface area contributed by atoms with E-state index in [0.29, 0.717) is 0 Å². The average molecular weight is 173 g/mol. The molecule has 0 radical (unpaired) electrons. The van der Waals surface area contributed by atoms with Crippen molar-refractivity contribution in [2.24, 2.45) is 5.10 Å². The van der Waals surface area contributed by atoms with Crippen molar-refractivity contribution in [3.63, 3.8) is 0 Å². The summed E-state index contributed by atoms with van der Waals surface area (Å²) in [5.41, 5.74) is 1.67. The van der Waals surface area contributed by atoms with Gasteiger partial charge in [0, 0.05) is 0 Å². The standard InChI is InChI=1S/C5H7N3O4/c1-4(8(11)12)2-6-7-3-5(9)10/h2,7H,1,3H2,(H,9,10)/b6-2-. The zero-order valence-electron chi connectivity index (χ0n) is 6.06. The van der Waals surface area contributed by atoms with Crippen molar-refractivity contribution in [2.45, 2.75) is 0 Å². The average Bonchev–Trinajstić information content (AvgIpc) is 1.97. The van der Waals surface area contributed by atoms with Gasteiger partial charge >= 0.3 is 5.97 Å². The highest BCUT2D eigenvalue weighted by molar-refractivity contribution is 5.74. The van der Waals surface area contributed by atoms with Crippen LogP contribution >= 0.6 is 0 Å². The van der Waals surface area contributed by atoms with Gasteiger partial charge in [-0.05, 0) is 6.58 Å². The zero-order valence-corrected chi connectivity index (χ0v) is 6.06. The van der Waals surface area contributed by atoms with Gasteiger partial charge in [-0.1, -0.05) is 0 Å². The Bertz CT molecular complexity index is 235. The molecule has 0 aromatic carbocycles. The number of carbonyl (C=O) groups is 1. The van der Waals surface area contributed by atoms with Crippen molar-refractivity contribution >= 4 is 12.2 Å². The van der Waals surface area contributed by atoms with E-state index in [-0.39, 0.29) is 6.54 Å². The Labute approximate surface area is 67.5 Å². The van der Waals surface area contributed by atoms with E-state index in [9.17, 15) is 14.9 Å². The first kappa shape index (κ1) is 10.1. The fraction of sp³-hybridized carbons (Fsp3) is 0.200. The van der Waals surface area contributed by atoms with Gasteiger partial charge in [-0.2, -0.15) is 5.10 Å². The minimum absolute atomic E-state index is 0.387. The van der Waals surface area contributed by atoms with Crippen molar-refractivity contribution in [2.75, 3.05) is 6.54 Å². The lowest BCUT2D eigenvalue weighted by molar-refractivity contribution is -0.413. The molecule has 0 amide bonds. The molecule has 66 valence electrons. The molecule has 0 aliphatic rings. The summed E-state index contributed by atoms with van der Waals surface area (Å²) in [6.07, 6.45) is 0.836. The van der Waals surface area contributed by atoms with Crippen LogP contribution in [0, 0.1) is 10.1 Å². The number of hydrogen-bond donors (Lipinski definition) is 2. The Kier molecular flexibility index (Phi) is 4.06.